The van der Waals surface area contributed by atoms with Crippen LogP contribution in [0.25, 0.3) is 11.0 Å². The summed E-state index contributed by atoms with van der Waals surface area (Å²) in [7, 11) is 0. The van der Waals surface area contributed by atoms with Crippen molar-refractivity contribution in [3.05, 3.63) is 94.8 Å². The van der Waals surface area contributed by atoms with Crippen molar-refractivity contribution in [2.45, 2.75) is 13.8 Å². The highest BCUT2D eigenvalue weighted by molar-refractivity contribution is 6.17. The first-order valence-corrected chi connectivity index (χ1v) is 8.75. The number of carbonyl (C=O) groups is 2. The predicted molar refractivity (Wildman–Crippen MR) is 104 cm³/mol. The quantitative estimate of drug-likeness (QED) is 0.513. The fourth-order valence-corrected chi connectivity index (χ4v) is 2.87. The Balaban J connectivity index is 1.96. The lowest BCUT2D eigenvalue weighted by atomic mass is 10.0. The summed E-state index contributed by atoms with van der Waals surface area (Å²) in [6.45, 7) is 3.92. The summed E-state index contributed by atoms with van der Waals surface area (Å²) in [5, 5.41) is 0. The lowest BCUT2D eigenvalue weighted by molar-refractivity contribution is 0.0992. The number of nitrogens with zero attached hydrogens (tertiary/aromatic N) is 4. The number of aromatic nitrogens is 4. The number of benzene rings is 1. The molecule has 0 N–H and O–H groups in total. The van der Waals surface area contributed by atoms with Crippen LogP contribution in [0.5, 0.6) is 0 Å². The summed E-state index contributed by atoms with van der Waals surface area (Å²) in [6.07, 6.45) is 3.05. The van der Waals surface area contributed by atoms with Crippen LogP contribution in [0, 0.1) is 13.8 Å². The van der Waals surface area contributed by atoms with Gasteiger partial charge in [-0.3, -0.25) is 19.6 Å². The zero-order valence-electron chi connectivity index (χ0n) is 15.4. The Morgan fingerprint density at radius 1 is 0.679 bits per heavy atom. The van der Waals surface area contributed by atoms with Gasteiger partial charge in [0.2, 0.25) is 11.6 Å². The van der Waals surface area contributed by atoms with E-state index in [-0.39, 0.29) is 22.8 Å². The summed E-state index contributed by atoms with van der Waals surface area (Å²) in [5.74, 6) is -0.903. The van der Waals surface area contributed by atoms with Crippen molar-refractivity contribution >= 4 is 22.6 Å². The van der Waals surface area contributed by atoms with Crippen molar-refractivity contribution in [3.63, 3.8) is 0 Å². The number of carbonyl (C=O) groups excluding carboxylic acids is 2. The topological polar surface area (TPSA) is 85.7 Å². The van der Waals surface area contributed by atoms with Gasteiger partial charge >= 0.3 is 0 Å². The molecule has 1 aromatic carbocycles. The van der Waals surface area contributed by atoms with Gasteiger partial charge in [-0.25, -0.2) is 9.97 Å². The Morgan fingerprint density at radius 2 is 1.11 bits per heavy atom. The number of fused-ring (bicyclic) bond motifs is 1. The van der Waals surface area contributed by atoms with E-state index in [0.717, 1.165) is 11.1 Å². The summed E-state index contributed by atoms with van der Waals surface area (Å²) in [5.41, 5.74) is 3.53. The number of hydrogen-bond donors (Lipinski definition) is 0. The fraction of sp³-hybridized carbons (Fsp3) is 0.0909. The highest BCUT2D eigenvalue weighted by Crippen LogP contribution is 2.21. The molecule has 0 spiro atoms. The second-order valence-electron chi connectivity index (χ2n) is 6.43. The first kappa shape index (κ1) is 17.6. The van der Waals surface area contributed by atoms with Gasteiger partial charge in [-0.2, -0.15) is 0 Å². The van der Waals surface area contributed by atoms with Crippen molar-refractivity contribution in [1.82, 2.24) is 19.9 Å². The molecule has 0 amide bonds. The Morgan fingerprint density at radius 3 is 1.46 bits per heavy atom. The highest BCUT2D eigenvalue weighted by atomic mass is 16.1. The minimum atomic E-state index is -0.451. The molecule has 4 aromatic rings. The van der Waals surface area contributed by atoms with Gasteiger partial charge < -0.3 is 0 Å². The SMILES string of the molecule is Cc1cc2nc(C(=O)c3ccccn3)c(C(=O)c3ccccn3)nc2cc1C. The Bertz CT molecular complexity index is 1110. The van der Waals surface area contributed by atoms with Gasteiger partial charge in [0.1, 0.15) is 22.8 Å². The molecule has 6 nitrogen and oxygen atoms in total. The average molecular weight is 368 g/mol. The van der Waals surface area contributed by atoms with Crippen molar-refractivity contribution in [2.24, 2.45) is 0 Å². The van der Waals surface area contributed by atoms with Crippen LogP contribution in [0.1, 0.15) is 43.5 Å². The molecular weight excluding hydrogens is 352 g/mol. The third-order valence-corrected chi connectivity index (χ3v) is 4.50. The van der Waals surface area contributed by atoms with E-state index < -0.39 is 11.6 Å². The molecule has 0 unspecified atom stereocenters. The Kier molecular flexibility index (Phi) is 4.45. The van der Waals surface area contributed by atoms with Crippen LogP contribution in [0.15, 0.2) is 60.9 Å². The van der Waals surface area contributed by atoms with E-state index in [1.807, 2.05) is 26.0 Å². The minimum Gasteiger partial charge on any atom is -0.285 e. The molecule has 0 radical (unpaired) electrons. The first-order chi connectivity index (χ1) is 13.5. The average Bonchev–Trinajstić information content (AvgIpc) is 2.74. The van der Waals surface area contributed by atoms with E-state index in [9.17, 15) is 9.59 Å². The molecule has 0 atom stereocenters. The molecule has 0 fully saturated rings. The molecule has 28 heavy (non-hydrogen) atoms. The molecule has 3 aromatic heterocycles. The van der Waals surface area contributed by atoms with Crippen molar-refractivity contribution in [3.8, 4) is 0 Å². The standard InChI is InChI=1S/C22H16N4O2/c1-13-11-17-18(12-14(13)2)26-20(22(28)16-8-4-6-10-24-16)19(25-17)21(27)15-7-3-5-9-23-15/h3-12H,1-2H3. The van der Waals surface area contributed by atoms with E-state index in [1.165, 1.54) is 12.4 Å². The largest absolute Gasteiger partial charge is 0.285 e. The maximum Gasteiger partial charge on any atom is 0.232 e. The summed E-state index contributed by atoms with van der Waals surface area (Å²) in [4.78, 5) is 43.3. The van der Waals surface area contributed by atoms with Crippen LogP contribution in [-0.4, -0.2) is 31.5 Å². The minimum absolute atomic E-state index is 0.0230. The number of aryl methyl sites for hydroxylation is 2. The van der Waals surface area contributed by atoms with Crippen LogP contribution in [0.4, 0.5) is 0 Å². The molecule has 0 bridgehead atoms. The van der Waals surface area contributed by atoms with Crippen LogP contribution >= 0.6 is 0 Å². The van der Waals surface area contributed by atoms with Gasteiger partial charge in [0.15, 0.2) is 0 Å². The molecule has 6 heteroatoms. The monoisotopic (exact) mass is 368 g/mol. The number of rotatable bonds is 4. The second-order valence-corrected chi connectivity index (χ2v) is 6.43. The molecule has 0 aliphatic rings. The molecule has 0 saturated carbocycles. The zero-order chi connectivity index (χ0) is 19.7. The molecule has 3 heterocycles. The smallest absolute Gasteiger partial charge is 0.232 e. The summed E-state index contributed by atoms with van der Waals surface area (Å²) >= 11 is 0. The Labute approximate surface area is 161 Å². The lowest BCUT2D eigenvalue weighted by Crippen LogP contribution is -2.17. The molecule has 136 valence electrons. The molecule has 0 aliphatic carbocycles. The number of ketones is 2. The molecule has 4 rings (SSSR count). The van der Waals surface area contributed by atoms with Gasteiger partial charge in [0, 0.05) is 12.4 Å². The summed E-state index contributed by atoms with van der Waals surface area (Å²) in [6, 6.07) is 13.8. The van der Waals surface area contributed by atoms with Gasteiger partial charge in [0.25, 0.3) is 0 Å². The fourth-order valence-electron chi connectivity index (χ4n) is 2.87. The van der Waals surface area contributed by atoms with E-state index in [4.69, 9.17) is 0 Å². The predicted octanol–water partition coefficient (Wildman–Crippen LogP) is 3.50. The zero-order valence-corrected chi connectivity index (χ0v) is 15.4. The maximum atomic E-state index is 13.1. The lowest BCUT2D eigenvalue weighted by Gasteiger charge is -2.10. The maximum absolute atomic E-state index is 13.1. The van der Waals surface area contributed by atoms with Crippen LogP contribution in [0.2, 0.25) is 0 Å². The normalized spacial score (nSPS) is 10.8. The highest BCUT2D eigenvalue weighted by Gasteiger charge is 2.25. The van der Waals surface area contributed by atoms with Gasteiger partial charge in [0.05, 0.1) is 11.0 Å². The molecule has 0 aliphatic heterocycles. The van der Waals surface area contributed by atoms with Gasteiger partial charge in [-0.1, -0.05) is 12.1 Å². The number of pyridine rings is 2. The van der Waals surface area contributed by atoms with E-state index in [0.29, 0.717) is 11.0 Å². The van der Waals surface area contributed by atoms with E-state index in [1.54, 1.807) is 36.4 Å². The third-order valence-electron chi connectivity index (χ3n) is 4.50. The van der Waals surface area contributed by atoms with Gasteiger partial charge in [-0.05, 0) is 61.4 Å². The van der Waals surface area contributed by atoms with E-state index in [2.05, 4.69) is 19.9 Å². The Hall–Kier alpha value is -3.80. The first-order valence-electron chi connectivity index (χ1n) is 8.75. The van der Waals surface area contributed by atoms with E-state index >= 15 is 0 Å². The van der Waals surface area contributed by atoms with Crippen LogP contribution in [0.3, 0.4) is 0 Å². The van der Waals surface area contributed by atoms with Gasteiger partial charge in [-0.15, -0.1) is 0 Å². The third kappa shape index (κ3) is 3.16. The van der Waals surface area contributed by atoms with Crippen molar-refractivity contribution in [2.75, 3.05) is 0 Å². The molecular formula is C22H16N4O2. The van der Waals surface area contributed by atoms with Crippen molar-refractivity contribution < 1.29 is 9.59 Å². The van der Waals surface area contributed by atoms with Crippen LogP contribution in [-0.2, 0) is 0 Å². The summed E-state index contributed by atoms with van der Waals surface area (Å²) < 4.78 is 0. The van der Waals surface area contributed by atoms with Crippen molar-refractivity contribution in [1.29, 1.82) is 0 Å². The second kappa shape index (κ2) is 7.08. The van der Waals surface area contributed by atoms with Crippen LogP contribution < -0.4 is 0 Å². The molecule has 0 saturated heterocycles. The number of hydrogen-bond acceptors (Lipinski definition) is 6.